The van der Waals surface area contributed by atoms with Gasteiger partial charge in [0.1, 0.15) is 6.61 Å². The number of hydrogen-bond acceptors (Lipinski definition) is 3. The molecular formula is C11H20F3NO2. The third-order valence-electron chi connectivity index (χ3n) is 2.93. The fourth-order valence-corrected chi connectivity index (χ4v) is 2.03. The van der Waals surface area contributed by atoms with Crippen molar-refractivity contribution in [1.82, 2.24) is 5.32 Å². The van der Waals surface area contributed by atoms with E-state index in [4.69, 9.17) is 0 Å². The highest BCUT2D eigenvalue weighted by atomic mass is 19.4. The lowest BCUT2D eigenvalue weighted by atomic mass is 10.1. The maximum Gasteiger partial charge on any atom is 0.411 e. The summed E-state index contributed by atoms with van der Waals surface area (Å²) in [4.78, 5) is 0. The van der Waals surface area contributed by atoms with Crippen molar-refractivity contribution in [2.75, 3.05) is 26.3 Å². The Morgan fingerprint density at radius 3 is 2.65 bits per heavy atom. The second kappa shape index (κ2) is 7.18. The SMILES string of the molecule is OC1CCCC1CNCCCOCC(F)(F)F. The highest BCUT2D eigenvalue weighted by Crippen LogP contribution is 2.24. The minimum absolute atomic E-state index is 0.111. The number of aliphatic hydroxyl groups is 1. The predicted octanol–water partition coefficient (Wildman–Crippen LogP) is 1.71. The van der Waals surface area contributed by atoms with Crippen LogP contribution in [0.4, 0.5) is 13.2 Å². The van der Waals surface area contributed by atoms with Gasteiger partial charge >= 0.3 is 6.18 Å². The van der Waals surface area contributed by atoms with Crippen molar-refractivity contribution in [1.29, 1.82) is 0 Å². The number of aliphatic hydroxyl groups excluding tert-OH is 1. The minimum atomic E-state index is -4.23. The maximum absolute atomic E-state index is 11.7. The van der Waals surface area contributed by atoms with Crippen LogP contribution in [-0.2, 0) is 4.74 Å². The van der Waals surface area contributed by atoms with Gasteiger partial charge in [0, 0.05) is 13.2 Å². The molecule has 6 heteroatoms. The van der Waals surface area contributed by atoms with E-state index in [1.165, 1.54) is 0 Å². The Hall–Kier alpha value is -0.330. The van der Waals surface area contributed by atoms with Gasteiger partial charge in [0.15, 0.2) is 0 Å². The van der Waals surface area contributed by atoms with Crippen LogP contribution in [0, 0.1) is 5.92 Å². The summed E-state index contributed by atoms with van der Waals surface area (Å²) >= 11 is 0. The van der Waals surface area contributed by atoms with E-state index >= 15 is 0 Å². The van der Waals surface area contributed by atoms with Gasteiger partial charge in [-0.2, -0.15) is 13.2 Å². The molecule has 2 unspecified atom stereocenters. The molecular weight excluding hydrogens is 235 g/mol. The average Bonchev–Trinajstić information content (AvgIpc) is 2.61. The third-order valence-corrected chi connectivity index (χ3v) is 2.93. The van der Waals surface area contributed by atoms with Gasteiger partial charge in [0.2, 0.25) is 0 Å². The monoisotopic (exact) mass is 255 g/mol. The third kappa shape index (κ3) is 6.85. The molecule has 1 saturated carbocycles. The van der Waals surface area contributed by atoms with Gasteiger partial charge in [-0.3, -0.25) is 0 Å². The second-order valence-electron chi connectivity index (χ2n) is 4.48. The van der Waals surface area contributed by atoms with E-state index in [-0.39, 0.29) is 12.7 Å². The molecule has 2 N–H and O–H groups in total. The van der Waals surface area contributed by atoms with Crippen LogP contribution in [0.1, 0.15) is 25.7 Å². The molecule has 0 saturated heterocycles. The van der Waals surface area contributed by atoms with E-state index in [9.17, 15) is 18.3 Å². The molecule has 0 aromatic rings. The molecule has 0 aromatic heterocycles. The molecule has 2 atom stereocenters. The number of alkyl halides is 3. The molecule has 102 valence electrons. The van der Waals surface area contributed by atoms with E-state index in [2.05, 4.69) is 10.1 Å². The van der Waals surface area contributed by atoms with Gasteiger partial charge in [0.25, 0.3) is 0 Å². The Morgan fingerprint density at radius 2 is 2.06 bits per heavy atom. The van der Waals surface area contributed by atoms with Crippen molar-refractivity contribution in [3.63, 3.8) is 0 Å². The maximum atomic E-state index is 11.7. The molecule has 1 rings (SSSR count). The standard InChI is InChI=1S/C11H20F3NO2/c12-11(13,14)8-17-6-2-5-15-7-9-3-1-4-10(9)16/h9-10,15-16H,1-8H2. The Balaban J connectivity index is 1.88. The zero-order chi connectivity index (χ0) is 12.7. The van der Waals surface area contributed by atoms with Crippen LogP contribution in [0.5, 0.6) is 0 Å². The summed E-state index contributed by atoms with van der Waals surface area (Å²) in [6.07, 6.45) is -0.952. The lowest BCUT2D eigenvalue weighted by Crippen LogP contribution is -2.29. The van der Waals surface area contributed by atoms with E-state index in [1.807, 2.05) is 0 Å². The Kier molecular flexibility index (Phi) is 6.22. The molecule has 0 aliphatic heterocycles. The van der Waals surface area contributed by atoms with E-state index in [0.29, 0.717) is 18.9 Å². The molecule has 0 amide bonds. The Labute approximate surface area is 99.3 Å². The minimum Gasteiger partial charge on any atom is -0.393 e. The van der Waals surface area contributed by atoms with Gasteiger partial charge < -0.3 is 15.2 Å². The predicted molar refractivity (Wildman–Crippen MR) is 57.7 cm³/mol. The number of rotatable bonds is 7. The van der Waals surface area contributed by atoms with Crippen molar-refractivity contribution < 1.29 is 23.0 Å². The largest absolute Gasteiger partial charge is 0.411 e. The Bertz CT molecular complexity index is 211. The molecule has 0 radical (unpaired) electrons. The van der Waals surface area contributed by atoms with Crippen molar-refractivity contribution in [2.45, 2.75) is 38.0 Å². The zero-order valence-corrected chi connectivity index (χ0v) is 9.80. The van der Waals surface area contributed by atoms with Crippen molar-refractivity contribution in [3.8, 4) is 0 Å². The van der Waals surface area contributed by atoms with E-state index in [0.717, 1.165) is 25.8 Å². The molecule has 1 fully saturated rings. The molecule has 0 heterocycles. The fraction of sp³-hybridized carbons (Fsp3) is 1.00. The summed E-state index contributed by atoms with van der Waals surface area (Å²) in [7, 11) is 0. The molecule has 1 aliphatic rings. The first-order valence-electron chi connectivity index (χ1n) is 6.02. The number of hydrogen-bond donors (Lipinski definition) is 2. The lowest BCUT2D eigenvalue weighted by Gasteiger charge is -2.15. The van der Waals surface area contributed by atoms with Gasteiger partial charge in [0.05, 0.1) is 6.10 Å². The molecule has 17 heavy (non-hydrogen) atoms. The molecule has 0 aromatic carbocycles. The van der Waals surface area contributed by atoms with Gasteiger partial charge in [-0.25, -0.2) is 0 Å². The van der Waals surface area contributed by atoms with Crippen LogP contribution in [0.3, 0.4) is 0 Å². The van der Waals surface area contributed by atoms with Crippen LogP contribution in [0.15, 0.2) is 0 Å². The van der Waals surface area contributed by atoms with E-state index < -0.39 is 12.8 Å². The normalized spacial score (nSPS) is 25.4. The molecule has 0 bridgehead atoms. The smallest absolute Gasteiger partial charge is 0.393 e. The van der Waals surface area contributed by atoms with Gasteiger partial charge in [-0.15, -0.1) is 0 Å². The number of ether oxygens (including phenoxy) is 1. The zero-order valence-electron chi connectivity index (χ0n) is 9.80. The van der Waals surface area contributed by atoms with Crippen molar-refractivity contribution in [3.05, 3.63) is 0 Å². The van der Waals surface area contributed by atoms with Crippen molar-refractivity contribution in [2.24, 2.45) is 5.92 Å². The average molecular weight is 255 g/mol. The molecule has 0 spiro atoms. The van der Waals surface area contributed by atoms with Crippen LogP contribution >= 0.6 is 0 Å². The quantitative estimate of drug-likeness (QED) is 0.680. The van der Waals surface area contributed by atoms with Crippen LogP contribution in [0.25, 0.3) is 0 Å². The lowest BCUT2D eigenvalue weighted by molar-refractivity contribution is -0.173. The summed E-state index contributed by atoms with van der Waals surface area (Å²) in [5, 5.41) is 12.7. The first kappa shape index (κ1) is 14.7. The van der Waals surface area contributed by atoms with Crippen LogP contribution in [-0.4, -0.2) is 43.7 Å². The van der Waals surface area contributed by atoms with Crippen LogP contribution in [0.2, 0.25) is 0 Å². The first-order chi connectivity index (χ1) is 7.99. The fourth-order valence-electron chi connectivity index (χ4n) is 2.03. The highest BCUT2D eigenvalue weighted by Gasteiger charge is 2.27. The summed E-state index contributed by atoms with van der Waals surface area (Å²) in [6.45, 7) is 0.301. The molecule has 1 aliphatic carbocycles. The molecule has 3 nitrogen and oxygen atoms in total. The summed E-state index contributed by atoms with van der Waals surface area (Å²) in [5.74, 6) is 0.297. The Morgan fingerprint density at radius 1 is 1.29 bits per heavy atom. The topological polar surface area (TPSA) is 41.5 Å². The second-order valence-corrected chi connectivity index (χ2v) is 4.48. The number of halogens is 3. The van der Waals surface area contributed by atoms with Crippen molar-refractivity contribution >= 4 is 0 Å². The highest BCUT2D eigenvalue weighted by molar-refractivity contribution is 4.77. The van der Waals surface area contributed by atoms with Gasteiger partial charge in [-0.05, 0) is 31.7 Å². The van der Waals surface area contributed by atoms with E-state index in [1.54, 1.807) is 0 Å². The van der Waals surface area contributed by atoms with Gasteiger partial charge in [-0.1, -0.05) is 6.42 Å². The number of nitrogens with one attached hydrogen (secondary N) is 1. The first-order valence-corrected chi connectivity index (χ1v) is 6.02. The summed E-state index contributed by atoms with van der Waals surface area (Å²) in [5.41, 5.74) is 0. The summed E-state index contributed by atoms with van der Waals surface area (Å²) in [6, 6.07) is 0. The van der Waals surface area contributed by atoms with Crippen LogP contribution < -0.4 is 5.32 Å². The summed E-state index contributed by atoms with van der Waals surface area (Å²) < 4.78 is 39.6.